The van der Waals surface area contributed by atoms with E-state index in [2.05, 4.69) is 10.0 Å². The number of benzene rings is 2. The predicted octanol–water partition coefficient (Wildman–Crippen LogP) is 4.29. The van der Waals surface area contributed by atoms with Crippen molar-refractivity contribution in [2.45, 2.75) is 45.1 Å². The molecule has 5 nitrogen and oxygen atoms in total. The Kier molecular flexibility index (Phi) is 5.80. The third-order valence-corrected chi connectivity index (χ3v) is 5.88. The van der Waals surface area contributed by atoms with Crippen molar-refractivity contribution in [3.63, 3.8) is 0 Å². The summed E-state index contributed by atoms with van der Waals surface area (Å²) in [6.07, 6.45) is 0. The van der Waals surface area contributed by atoms with Crippen molar-refractivity contribution >= 4 is 33.2 Å². The van der Waals surface area contributed by atoms with Gasteiger partial charge >= 0.3 is 0 Å². The summed E-state index contributed by atoms with van der Waals surface area (Å²) in [5.74, 6) is -0.397. The van der Waals surface area contributed by atoms with E-state index in [1.54, 1.807) is 20.8 Å². The standard InChI is InChI=1S/C19H23ClN2O3S/c1-12-7-6-8-13(2)17(12)21-18(23)14-9-10-15(20)16(11-14)26(24,25)22-19(3,4)5/h6-11,22H,1-5H3,(H,21,23). The van der Waals surface area contributed by atoms with Crippen LogP contribution in [0.1, 0.15) is 42.3 Å². The molecular formula is C19H23ClN2O3S. The number of para-hydroxylation sites is 1. The van der Waals surface area contributed by atoms with Gasteiger partial charge in [0.1, 0.15) is 4.90 Å². The van der Waals surface area contributed by atoms with Crippen LogP contribution in [0.2, 0.25) is 5.02 Å². The van der Waals surface area contributed by atoms with Crippen LogP contribution < -0.4 is 10.0 Å². The summed E-state index contributed by atoms with van der Waals surface area (Å²) in [6.45, 7) is 8.99. The molecule has 0 heterocycles. The van der Waals surface area contributed by atoms with E-state index in [-0.39, 0.29) is 15.5 Å². The number of hydrogen-bond acceptors (Lipinski definition) is 3. The fourth-order valence-electron chi connectivity index (χ4n) is 2.51. The Morgan fingerprint density at radius 1 is 1.04 bits per heavy atom. The van der Waals surface area contributed by atoms with Crippen molar-refractivity contribution in [1.82, 2.24) is 4.72 Å². The number of rotatable bonds is 4. The number of carbonyl (C=O) groups excluding carboxylic acids is 1. The van der Waals surface area contributed by atoms with E-state index in [0.717, 1.165) is 11.1 Å². The van der Waals surface area contributed by atoms with E-state index in [9.17, 15) is 13.2 Å². The van der Waals surface area contributed by atoms with Gasteiger partial charge in [-0.1, -0.05) is 29.8 Å². The lowest BCUT2D eigenvalue weighted by Gasteiger charge is -2.21. The Morgan fingerprint density at radius 3 is 2.15 bits per heavy atom. The molecule has 2 aromatic carbocycles. The number of amides is 1. The molecule has 0 aliphatic carbocycles. The minimum Gasteiger partial charge on any atom is -0.322 e. The van der Waals surface area contributed by atoms with E-state index < -0.39 is 21.5 Å². The molecule has 0 saturated carbocycles. The van der Waals surface area contributed by atoms with Crippen molar-refractivity contribution in [3.8, 4) is 0 Å². The van der Waals surface area contributed by atoms with Gasteiger partial charge < -0.3 is 5.32 Å². The van der Waals surface area contributed by atoms with Gasteiger partial charge in [-0.15, -0.1) is 0 Å². The molecule has 0 fully saturated rings. The molecule has 1 amide bonds. The first-order valence-corrected chi connectivity index (χ1v) is 9.98. The molecule has 0 aromatic heterocycles. The van der Waals surface area contributed by atoms with E-state index >= 15 is 0 Å². The van der Waals surface area contributed by atoms with Crippen molar-refractivity contribution in [2.75, 3.05) is 5.32 Å². The largest absolute Gasteiger partial charge is 0.322 e. The van der Waals surface area contributed by atoms with Crippen LogP contribution in [0.3, 0.4) is 0 Å². The van der Waals surface area contributed by atoms with Gasteiger partial charge in [-0.3, -0.25) is 4.79 Å². The average Bonchev–Trinajstić information content (AvgIpc) is 2.48. The maximum atomic E-state index is 12.6. The van der Waals surface area contributed by atoms with Crippen LogP contribution in [-0.2, 0) is 10.0 Å². The van der Waals surface area contributed by atoms with Crippen LogP contribution in [0.4, 0.5) is 5.69 Å². The van der Waals surface area contributed by atoms with E-state index in [1.165, 1.54) is 18.2 Å². The first-order chi connectivity index (χ1) is 11.9. The van der Waals surface area contributed by atoms with Crippen LogP contribution in [-0.4, -0.2) is 19.9 Å². The Labute approximate surface area is 159 Å². The lowest BCUT2D eigenvalue weighted by Crippen LogP contribution is -2.40. The molecule has 0 unspecified atom stereocenters. The molecule has 0 spiro atoms. The number of anilines is 1. The predicted molar refractivity (Wildman–Crippen MR) is 105 cm³/mol. The second kappa shape index (κ2) is 7.39. The van der Waals surface area contributed by atoms with Gasteiger partial charge in [-0.25, -0.2) is 13.1 Å². The van der Waals surface area contributed by atoms with Crippen molar-refractivity contribution in [2.24, 2.45) is 0 Å². The number of carbonyl (C=O) groups is 1. The fourth-order valence-corrected chi connectivity index (χ4v) is 4.45. The zero-order chi connectivity index (χ0) is 19.7. The number of halogens is 1. The topological polar surface area (TPSA) is 75.3 Å². The number of hydrogen-bond donors (Lipinski definition) is 2. The zero-order valence-electron chi connectivity index (χ0n) is 15.5. The average molecular weight is 395 g/mol. The van der Waals surface area contributed by atoms with Gasteiger partial charge in [0.15, 0.2) is 0 Å². The quantitative estimate of drug-likeness (QED) is 0.812. The number of nitrogens with one attached hydrogen (secondary N) is 2. The number of sulfonamides is 1. The summed E-state index contributed by atoms with van der Waals surface area (Å²) in [5.41, 5.74) is 2.11. The normalized spacial score (nSPS) is 12.1. The summed E-state index contributed by atoms with van der Waals surface area (Å²) < 4.78 is 27.7. The minimum atomic E-state index is -3.86. The lowest BCUT2D eigenvalue weighted by atomic mass is 10.1. The van der Waals surface area contributed by atoms with Crippen LogP contribution >= 0.6 is 11.6 Å². The van der Waals surface area contributed by atoms with Crippen LogP contribution in [0, 0.1) is 13.8 Å². The second-order valence-electron chi connectivity index (χ2n) is 7.22. The van der Waals surface area contributed by atoms with Crippen LogP contribution in [0.5, 0.6) is 0 Å². The van der Waals surface area contributed by atoms with Gasteiger partial charge in [0.05, 0.1) is 5.02 Å². The summed E-state index contributed by atoms with van der Waals surface area (Å²) in [6, 6.07) is 9.91. The molecule has 2 rings (SSSR count). The first kappa shape index (κ1) is 20.4. The molecule has 0 aliphatic rings. The highest BCUT2D eigenvalue weighted by molar-refractivity contribution is 7.89. The highest BCUT2D eigenvalue weighted by Crippen LogP contribution is 2.25. The maximum Gasteiger partial charge on any atom is 0.255 e. The van der Waals surface area contributed by atoms with Gasteiger partial charge in [-0.05, 0) is 63.9 Å². The third-order valence-electron chi connectivity index (χ3n) is 3.64. The van der Waals surface area contributed by atoms with E-state index in [4.69, 9.17) is 11.6 Å². The van der Waals surface area contributed by atoms with Gasteiger partial charge in [0, 0.05) is 16.8 Å². The minimum absolute atomic E-state index is 0.0605. The number of aryl methyl sites for hydroxylation is 2. The lowest BCUT2D eigenvalue weighted by molar-refractivity contribution is 0.102. The molecule has 0 aliphatic heterocycles. The Hall–Kier alpha value is -1.89. The van der Waals surface area contributed by atoms with Crippen molar-refractivity contribution in [1.29, 1.82) is 0 Å². The third kappa shape index (κ3) is 4.84. The molecule has 0 saturated heterocycles. The SMILES string of the molecule is Cc1cccc(C)c1NC(=O)c1ccc(Cl)c(S(=O)(=O)NC(C)(C)C)c1. The maximum absolute atomic E-state index is 12.6. The molecule has 2 N–H and O–H groups in total. The smallest absolute Gasteiger partial charge is 0.255 e. The van der Waals surface area contributed by atoms with Crippen LogP contribution in [0.25, 0.3) is 0 Å². The molecule has 0 atom stereocenters. The summed E-state index contributed by atoms with van der Waals surface area (Å²) in [7, 11) is -3.86. The summed E-state index contributed by atoms with van der Waals surface area (Å²) in [4.78, 5) is 12.5. The zero-order valence-corrected chi connectivity index (χ0v) is 17.0. The van der Waals surface area contributed by atoms with Gasteiger partial charge in [-0.2, -0.15) is 0 Å². The molecule has 26 heavy (non-hydrogen) atoms. The monoisotopic (exact) mass is 394 g/mol. The van der Waals surface area contributed by atoms with E-state index in [1.807, 2.05) is 32.0 Å². The van der Waals surface area contributed by atoms with E-state index in [0.29, 0.717) is 5.69 Å². The molecule has 140 valence electrons. The van der Waals surface area contributed by atoms with Crippen LogP contribution in [0.15, 0.2) is 41.3 Å². The van der Waals surface area contributed by atoms with Gasteiger partial charge in [0.2, 0.25) is 10.0 Å². The molecule has 0 radical (unpaired) electrons. The van der Waals surface area contributed by atoms with Crippen molar-refractivity contribution < 1.29 is 13.2 Å². The Bertz CT molecular complexity index is 927. The molecule has 0 bridgehead atoms. The first-order valence-electron chi connectivity index (χ1n) is 8.12. The highest BCUT2D eigenvalue weighted by atomic mass is 35.5. The Balaban J connectivity index is 2.39. The fraction of sp³-hybridized carbons (Fsp3) is 0.316. The molecular weight excluding hydrogens is 372 g/mol. The second-order valence-corrected chi connectivity index (χ2v) is 9.28. The molecule has 7 heteroatoms. The summed E-state index contributed by atoms with van der Waals surface area (Å²) >= 11 is 6.07. The summed E-state index contributed by atoms with van der Waals surface area (Å²) in [5, 5.41) is 2.90. The van der Waals surface area contributed by atoms with Gasteiger partial charge in [0.25, 0.3) is 5.91 Å². The van der Waals surface area contributed by atoms with Crippen molar-refractivity contribution in [3.05, 3.63) is 58.1 Å². The molecule has 2 aromatic rings. The highest BCUT2D eigenvalue weighted by Gasteiger charge is 2.25. The Morgan fingerprint density at radius 2 is 1.62 bits per heavy atom.